The van der Waals surface area contributed by atoms with Crippen LogP contribution in [0, 0.1) is 0 Å². The summed E-state index contributed by atoms with van der Waals surface area (Å²) in [7, 11) is 0. The quantitative estimate of drug-likeness (QED) is 0.527. The van der Waals surface area contributed by atoms with Crippen LogP contribution in [-0.2, 0) is 22.8 Å². The van der Waals surface area contributed by atoms with Crippen LogP contribution < -0.4 is 5.09 Å². The Morgan fingerprint density at radius 3 is 2.68 bits per heavy atom. The average molecular weight is 333 g/mol. The lowest BCUT2D eigenvalue weighted by molar-refractivity contribution is 0.361. The highest BCUT2D eigenvalue weighted by atomic mass is 32.9. The van der Waals surface area contributed by atoms with Crippen LogP contribution in [0.15, 0.2) is 30.3 Å². The number of hydrogen-bond donors (Lipinski definition) is 1. The van der Waals surface area contributed by atoms with Crippen molar-refractivity contribution in [1.82, 2.24) is 5.09 Å². The van der Waals surface area contributed by atoms with Gasteiger partial charge in [0.1, 0.15) is 0 Å². The van der Waals surface area contributed by atoms with Crippen molar-refractivity contribution in [2.24, 2.45) is 0 Å². The minimum atomic E-state index is -2.09. The monoisotopic (exact) mass is 333 g/mol. The van der Waals surface area contributed by atoms with Crippen LogP contribution >= 0.6 is 29.2 Å². The third-order valence-electron chi connectivity index (χ3n) is 2.60. The van der Waals surface area contributed by atoms with E-state index >= 15 is 0 Å². The second-order valence-corrected chi connectivity index (χ2v) is 11.3. The van der Waals surface area contributed by atoms with Gasteiger partial charge in [0.15, 0.2) is 0 Å². The molecule has 19 heavy (non-hydrogen) atoms. The zero-order chi connectivity index (χ0) is 14.1. The Balaban J connectivity index is 2.49. The van der Waals surface area contributed by atoms with Gasteiger partial charge in [0.25, 0.3) is 0 Å². The van der Waals surface area contributed by atoms with Gasteiger partial charge in [0, 0.05) is 5.25 Å². The summed E-state index contributed by atoms with van der Waals surface area (Å²) in [4.78, 5) is 0. The topological polar surface area (TPSA) is 21.3 Å². The van der Waals surface area contributed by atoms with E-state index in [0.717, 1.165) is 12.8 Å². The van der Waals surface area contributed by atoms with E-state index < -0.39 is 5.62 Å². The Morgan fingerprint density at radius 1 is 1.42 bits per heavy atom. The Labute approximate surface area is 130 Å². The molecular weight excluding hydrogens is 313 g/mol. The van der Waals surface area contributed by atoms with Crippen LogP contribution in [0.3, 0.4) is 0 Å². The molecule has 2 unspecified atom stereocenters. The van der Waals surface area contributed by atoms with Crippen molar-refractivity contribution in [3.05, 3.63) is 35.9 Å². The van der Waals surface area contributed by atoms with Gasteiger partial charge in [-0.1, -0.05) is 67.8 Å². The number of thiocarbonyl (C=S) groups is 1. The SMILES string of the molecule is CCC(C)SP(=S)(NC=S)OCCc1ccccc1. The molecule has 2 atom stereocenters. The van der Waals surface area contributed by atoms with E-state index in [0.29, 0.717) is 11.9 Å². The molecule has 0 spiro atoms. The van der Waals surface area contributed by atoms with Crippen molar-refractivity contribution in [2.45, 2.75) is 31.9 Å². The van der Waals surface area contributed by atoms with Crippen LogP contribution in [0.1, 0.15) is 25.8 Å². The molecule has 1 aromatic carbocycles. The van der Waals surface area contributed by atoms with E-state index in [1.807, 2.05) is 18.2 Å². The van der Waals surface area contributed by atoms with Crippen LogP contribution in [0.25, 0.3) is 0 Å². The molecule has 0 aliphatic rings. The van der Waals surface area contributed by atoms with E-state index in [4.69, 9.17) is 28.5 Å². The Hall–Kier alpha value is 0.0700. The summed E-state index contributed by atoms with van der Waals surface area (Å²) in [6.45, 7) is 4.94. The first-order chi connectivity index (χ1) is 9.09. The fraction of sp³-hybridized carbons (Fsp3) is 0.462. The first-order valence-corrected chi connectivity index (χ1v) is 11.0. The van der Waals surface area contributed by atoms with Crippen molar-refractivity contribution in [2.75, 3.05) is 6.61 Å². The third kappa shape index (κ3) is 6.87. The summed E-state index contributed by atoms with van der Waals surface area (Å²) in [5.74, 6) is 0. The third-order valence-corrected chi connectivity index (χ3v) is 8.78. The maximum Gasteiger partial charge on any atom is 0.210 e. The standard InChI is InChI=1S/C13H20NOPS3/c1-3-12(2)19-16(18,14-11-17)15-10-9-13-7-5-4-6-8-13/h4-8,11-12H,3,9-10H2,1-2H3,(H,14,17,18). The van der Waals surface area contributed by atoms with E-state index in [1.165, 1.54) is 11.1 Å². The second-order valence-electron chi connectivity index (χ2n) is 4.14. The molecule has 0 radical (unpaired) electrons. The number of rotatable bonds is 9. The predicted octanol–water partition coefficient (Wildman–Crippen LogP) is 4.55. The molecule has 1 N–H and O–H groups in total. The second kappa shape index (κ2) is 9.09. The first kappa shape index (κ1) is 17.1. The van der Waals surface area contributed by atoms with E-state index in [-0.39, 0.29) is 0 Å². The van der Waals surface area contributed by atoms with Gasteiger partial charge in [-0.25, -0.2) is 0 Å². The normalized spacial score (nSPS) is 15.5. The van der Waals surface area contributed by atoms with Gasteiger partial charge in [0.05, 0.1) is 12.1 Å². The summed E-state index contributed by atoms with van der Waals surface area (Å²) in [5, 5.41) is 3.54. The molecule has 0 amide bonds. The molecule has 1 rings (SSSR count). The minimum absolute atomic E-state index is 0.477. The maximum atomic E-state index is 5.93. The van der Waals surface area contributed by atoms with Crippen molar-refractivity contribution >= 4 is 46.5 Å². The maximum absolute atomic E-state index is 5.93. The van der Waals surface area contributed by atoms with E-state index in [2.05, 4.69) is 31.1 Å². The zero-order valence-corrected chi connectivity index (χ0v) is 14.6. The number of nitrogens with one attached hydrogen (secondary N) is 1. The molecule has 1 aromatic rings. The smallest absolute Gasteiger partial charge is 0.210 e. The molecule has 0 fully saturated rings. The Kier molecular flexibility index (Phi) is 8.19. The summed E-state index contributed by atoms with van der Waals surface area (Å²) in [6, 6.07) is 10.3. The largest absolute Gasteiger partial charge is 0.326 e. The van der Waals surface area contributed by atoms with Gasteiger partial charge in [-0.3, -0.25) is 0 Å². The molecular formula is C13H20NOPS3. The molecule has 0 aliphatic heterocycles. The van der Waals surface area contributed by atoms with Gasteiger partial charge in [0.2, 0.25) is 5.62 Å². The van der Waals surface area contributed by atoms with Gasteiger partial charge >= 0.3 is 0 Å². The highest BCUT2D eigenvalue weighted by Gasteiger charge is 2.20. The summed E-state index contributed by atoms with van der Waals surface area (Å²) < 4.78 is 5.93. The molecule has 0 aromatic heterocycles. The van der Waals surface area contributed by atoms with Gasteiger partial charge in [-0.05, 0) is 30.2 Å². The van der Waals surface area contributed by atoms with Crippen molar-refractivity contribution in [1.29, 1.82) is 0 Å². The molecule has 106 valence electrons. The highest BCUT2D eigenvalue weighted by molar-refractivity contribution is 8.69. The Bertz CT molecular complexity index is 427. The van der Waals surface area contributed by atoms with Crippen LogP contribution in [0.2, 0.25) is 0 Å². The molecule has 0 bridgehead atoms. The van der Waals surface area contributed by atoms with Gasteiger partial charge < -0.3 is 9.61 Å². The minimum Gasteiger partial charge on any atom is -0.326 e. The van der Waals surface area contributed by atoms with E-state index in [9.17, 15) is 0 Å². The number of hydrogen-bond acceptors (Lipinski definition) is 4. The van der Waals surface area contributed by atoms with Gasteiger partial charge in [-0.15, -0.1) is 0 Å². The van der Waals surface area contributed by atoms with Gasteiger partial charge in [-0.2, -0.15) is 0 Å². The molecule has 0 aliphatic carbocycles. The molecule has 2 nitrogen and oxygen atoms in total. The zero-order valence-electron chi connectivity index (χ0n) is 11.2. The highest BCUT2D eigenvalue weighted by Crippen LogP contribution is 2.58. The predicted molar refractivity (Wildman–Crippen MR) is 94.5 cm³/mol. The first-order valence-electron chi connectivity index (χ1n) is 6.28. The van der Waals surface area contributed by atoms with Crippen LogP contribution in [-0.4, -0.2) is 17.3 Å². The van der Waals surface area contributed by atoms with Crippen molar-refractivity contribution < 1.29 is 4.52 Å². The lowest BCUT2D eigenvalue weighted by atomic mass is 10.2. The molecule has 6 heteroatoms. The van der Waals surface area contributed by atoms with Crippen molar-refractivity contribution in [3.63, 3.8) is 0 Å². The summed E-state index contributed by atoms with van der Waals surface area (Å²) in [6.07, 6.45) is 1.95. The molecule has 0 saturated heterocycles. The fourth-order valence-electron chi connectivity index (χ4n) is 1.40. The Morgan fingerprint density at radius 2 is 2.11 bits per heavy atom. The molecule has 0 heterocycles. The fourth-order valence-corrected chi connectivity index (χ4v) is 7.85. The van der Waals surface area contributed by atoms with Crippen molar-refractivity contribution in [3.8, 4) is 0 Å². The molecule has 0 saturated carbocycles. The van der Waals surface area contributed by atoms with Crippen LogP contribution in [0.5, 0.6) is 0 Å². The lowest BCUT2D eigenvalue weighted by Crippen LogP contribution is -2.10. The van der Waals surface area contributed by atoms with E-state index in [1.54, 1.807) is 11.4 Å². The van der Waals surface area contributed by atoms with Crippen LogP contribution in [0.4, 0.5) is 0 Å². The average Bonchev–Trinajstić information content (AvgIpc) is 2.40. The number of benzene rings is 1. The summed E-state index contributed by atoms with van der Waals surface area (Å²) >= 11 is 12.2. The lowest BCUT2D eigenvalue weighted by Gasteiger charge is -2.23. The summed E-state index contributed by atoms with van der Waals surface area (Å²) in [5.41, 5.74) is 0.660.